The molecule has 0 radical (unpaired) electrons. The predicted octanol–water partition coefficient (Wildman–Crippen LogP) is 1.57. The summed E-state index contributed by atoms with van der Waals surface area (Å²) in [5.41, 5.74) is 0.395. The first-order valence-corrected chi connectivity index (χ1v) is 5.01. The number of carbonyl (C=O) groups is 1. The van der Waals surface area contributed by atoms with Gasteiger partial charge in [-0.15, -0.1) is 0 Å². The maximum Gasteiger partial charge on any atom is 0.296 e. The lowest BCUT2D eigenvalue weighted by Gasteiger charge is -1.97. The van der Waals surface area contributed by atoms with E-state index in [4.69, 9.17) is 0 Å². The zero-order valence-electron chi connectivity index (χ0n) is 7.09. The fourth-order valence-electron chi connectivity index (χ4n) is 1.02. The van der Waals surface area contributed by atoms with E-state index in [9.17, 15) is 4.79 Å². The lowest BCUT2D eigenvalue weighted by atomic mass is 10.3. The van der Waals surface area contributed by atoms with Crippen LogP contribution in [0.2, 0.25) is 0 Å². The molecule has 0 saturated heterocycles. The minimum Gasteiger partial charge on any atom is -0.265 e. The number of halogens is 1. The molecule has 0 bridgehead atoms. The minimum atomic E-state index is -0.214. The Hall–Kier alpha value is -1.24. The van der Waals surface area contributed by atoms with E-state index >= 15 is 0 Å². The second-order valence-corrected chi connectivity index (χ2v) is 3.87. The molecule has 2 rings (SSSR count). The van der Waals surface area contributed by atoms with Crippen LogP contribution in [-0.2, 0) is 0 Å². The Balaban J connectivity index is 2.34. The molecule has 0 fully saturated rings. The van der Waals surface area contributed by atoms with E-state index in [2.05, 4.69) is 32.7 Å². The lowest BCUT2D eigenvalue weighted by molar-refractivity contribution is 0.0940. The van der Waals surface area contributed by atoms with Gasteiger partial charge in [0.25, 0.3) is 5.91 Å². The highest BCUT2D eigenvalue weighted by atomic mass is 127. The molecule has 0 spiro atoms. The van der Waals surface area contributed by atoms with Crippen molar-refractivity contribution in [2.24, 2.45) is 0 Å². The highest BCUT2D eigenvalue weighted by Crippen LogP contribution is 2.03. The van der Waals surface area contributed by atoms with Gasteiger partial charge < -0.3 is 0 Å². The van der Waals surface area contributed by atoms with Gasteiger partial charge in [-0.25, -0.2) is 4.68 Å². The fourth-order valence-corrected chi connectivity index (χ4v) is 1.41. The first kappa shape index (κ1) is 9.32. The van der Waals surface area contributed by atoms with Gasteiger partial charge in [0.2, 0.25) is 0 Å². The average Bonchev–Trinajstić information content (AvgIpc) is 2.65. The molecular formula is C9H6IN3O. The second-order valence-electron chi connectivity index (χ2n) is 2.62. The van der Waals surface area contributed by atoms with Crippen LogP contribution in [0.15, 0.2) is 36.8 Å². The molecule has 0 aliphatic heterocycles. The van der Waals surface area contributed by atoms with E-state index in [1.807, 2.05) is 0 Å². The first-order valence-electron chi connectivity index (χ1n) is 3.93. The lowest BCUT2D eigenvalue weighted by Crippen LogP contribution is -2.13. The summed E-state index contributed by atoms with van der Waals surface area (Å²) in [6.45, 7) is 0. The van der Waals surface area contributed by atoms with Gasteiger partial charge in [-0.3, -0.25) is 9.78 Å². The summed E-state index contributed by atoms with van der Waals surface area (Å²) in [6, 6.07) is 5.20. The smallest absolute Gasteiger partial charge is 0.265 e. The van der Waals surface area contributed by atoms with E-state index < -0.39 is 0 Å². The monoisotopic (exact) mass is 299 g/mol. The normalized spacial score (nSPS) is 10.1. The van der Waals surface area contributed by atoms with Crippen molar-refractivity contribution in [2.75, 3.05) is 0 Å². The van der Waals surface area contributed by atoms with Crippen LogP contribution < -0.4 is 0 Å². The van der Waals surface area contributed by atoms with Crippen LogP contribution in [-0.4, -0.2) is 20.7 Å². The van der Waals surface area contributed by atoms with Crippen molar-refractivity contribution < 1.29 is 4.79 Å². The molecule has 0 unspecified atom stereocenters. The third-order valence-electron chi connectivity index (χ3n) is 1.64. The second kappa shape index (κ2) is 3.87. The summed E-state index contributed by atoms with van der Waals surface area (Å²) >= 11 is 2.10. The van der Waals surface area contributed by atoms with E-state index in [0.717, 1.165) is 3.57 Å². The van der Waals surface area contributed by atoms with Crippen LogP contribution in [0.3, 0.4) is 0 Å². The van der Waals surface area contributed by atoms with Gasteiger partial charge in [-0.1, -0.05) is 6.07 Å². The molecule has 2 aromatic rings. The summed E-state index contributed by atoms with van der Waals surface area (Å²) in [5.74, 6) is -0.214. The standard InChI is InChI=1S/C9H6IN3O/c10-7-5-12-13(6-7)9(14)8-3-1-2-4-11-8/h1-6H. The summed E-state index contributed by atoms with van der Waals surface area (Å²) in [6.07, 6.45) is 4.88. The SMILES string of the molecule is O=C(c1ccccn1)n1cc(I)cn1. The Kier molecular flexibility index (Phi) is 2.58. The van der Waals surface area contributed by atoms with Gasteiger partial charge in [-0.05, 0) is 34.7 Å². The van der Waals surface area contributed by atoms with Gasteiger partial charge >= 0.3 is 0 Å². The van der Waals surface area contributed by atoms with Gasteiger partial charge in [0.15, 0.2) is 0 Å². The summed E-state index contributed by atoms with van der Waals surface area (Å²) < 4.78 is 2.20. The van der Waals surface area contributed by atoms with Crippen LogP contribution in [0.25, 0.3) is 0 Å². The zero-order valence-corrected chi connectivity index (χ0v) is 9.25. The van der Waals surface area contributed by atoms with Crippen LogP contribution in [0.1, 0.15) is 10.5 Å². The maximum absolute atomic E-state index is 11.7. The maximum atomic E-state index is 11.7. The molecule has 5 heteroatoms. The molecule has 0 saturated carbocycles. The molecule has 4 nitrogen and oxygen atoms in total. The van der Waals surface area contributed by atoms with E-state index in [1.165, 1.54) is 4.68 Å². The number of aromatic nitrogens is 3. The summed E-state index contributed by atoms with van der Waals surface area (Å²) in [5, 5.41) is 3.91. The molecule has 2 aromatic heterocycles. The molecular weight excluding hydrogens is 293 g/mol. The minimum absolute atomic E-state index is 0.214. The highest BCUT2D eigenvalue weighted by molar-refractivity contribution is 14.1. The van der Waals surface area contributed by atoms with Crippen LogP contribution in [0.4, 0.5) is 0 Å². The number of pyridine rings is 1. The number of hydrogen-bond donors (Lipinski definition) is 0. The van der Waals surface area contributed by atoms with Gasteiger partial charge in [0.1, 0.15) is 5.69 Å². The van der Waals surface area contributed by atoms with Crippen molar-refractivity contribution in [1.29, 1.82) is 0 Å². The molecule has 14 heavy (non-hydrogen) atoms. The van der Waals surface area contributed by atoms with Crippen molar-refractivity contribution in [3.05, 3.63) is 46.1 Å². The van der Waals surface area contributed by atoms with Gasteiger partial charge in [0, 0.05) is 12.4 Å². The molecule has 2 heterocycles. The number of hydrogen-bond acceptors (Lipinski definition) is 3. The first-order chi connectivity index (χ1) is 6.77. The van der Waals surface area contributed by atoms with E-state index in [-0.39, 0.29) is 5.91 Å². The topological polar surface area (TPSA) is 47.8 Å². The Morgan fingerprint density at radius 2 is 2.29 bits per heavy atom. The molecule has 0 aliphatic rings. The summed E-state index contributed by atoms with van der Waals surface area (Å²) in [7, 11) is 0. The fraction of sp³-hybridized carbons (Fsp3) is 0. The van der Waals surface area contributed by atoms with Gasteiger partial charge in [-0.2, -0.15) is 5.10 Å². The Labute approximate surface area is 94.1 Å². The number of carbonyl (C=O) groups excluding carboxylic acids is 1. The Morgan fingerprint density at radius 3 is 2.86 bits per heavy atom. The van der Waals surface area contributed by atoms with Crippen LogP contribution in [0, 0.1) is 3.57 Å². The van der Waals surface area contributed by atoms with Crippen molar-refractivity contribution in [3.8, 4) is 0 Å². The Morgan fingerprint density at radius 1 is 1.43 bits per heavy atom. The van der Waals surface area contributed by atoms with Crippen molar-refractivity contribution in [1.82, 2.24) is 14.8 Å². The predicted molar refractivity (Wildman–Crippen MR) is 58.9 cm³/mol. The van der Waals surface area contributed by atoms with Crippen LogP contribution in [0.5, 0.6) is 0 Å². The third-order valence-corrected chi connectivity index (χ3v) is 2.20. The van der Waals surface area contributed by atoms with Crippen molar-refractivity contribution in [3.63, 3.8) is 0 Å². The summed E-state index contributed by atoms with van der Waals surface area (Å²) in [4.78, 5) is 15.6. The molecule has 0 aromatic carbocycles. The number of nitrogens with zero attached hydrogens (tertiary/aromatic N) is 3. The Bertz CT molecular complexity index is 452. The molecule has 0 N–H and O–H groups in total. The molecule has 70 valence electrons. The largest absolute Gasteiger partial charge is 0.296 e. The van der Waals surface area contributed by atoms with Crippen LogP contribution >= 0.6 is 22.6 Å². The molecule has 0 aliphatic carbocycles. The zero-order chi connectivity index (χ0) is 9.97. The van der Waals surface area contributed by atoms with E-state index in [1.54, 1.807) is 36.8 Å². The quantitative estimate of drug-likeness (QED) is 0.751. The third kappa shape index (κ3) is 1.82. The number of rotatable bonds is 1. The van der Waals surface area contributed by atoms with E-state index in [0.29, 0.717) is 5.69 Å². The molecule has 0 amide bonds. The molecule has 0 atom stereocenters. The van der Waals surface area contributed by atoms with Crippen molar-refractivity contribution in [2.45, 2.75) is 0 Å². The van der Waals surface area contributed by atoms with Crippen molar-refractivity contribution >= 4 is 28.5 Å². The van der Waals surface area contributed by atoms with Gasteiger partial charge in [0.05, 0.1) is 9.77 Å². The highest BCUT2D eigenvalue weighted by Gasteiger charge is 2.09. The average molecular weight is 299 g/mol.